The van der Waals surface area contributed by atoms with E-state index >= 15 is 0 Å². The van der Waals surface area contributed by atoms with Gasteiger partial charge in [-0.1, -0.05) is 19.8 Å². The molecule has 16 heavy (non-hydrogen) atoms. The molecular weight excluding hydrogens is 208 g/mol. The number of hydrogen-bond acceptors (Lipinski definition) is 4. The first-order valence-electron chi connectivity index (χ1n) is 5.75. The van der Waals surface area contributed by atoms with Gasteiger partial charge in [-0.2, -0.15) is 0 Å². The van der Waals surface area contributed by atoms with Crippen molar-refractivity contribution in [3.63, 3.8) is 0 Å². The van der Waals surface area contributed by atoms with Gasteiger partial charge in [0, 0.05) is 0 Å². The van der Waals surface area contributed by atoms with Gasteiger partial charge in [-0.05, 0) is 19.8 Å². The van der Waals surface area contributed by atoms with E-state index in [1.807, 2.05) is 0 Å². The van der Waals surface area contributed by atoms with E-state index in [0.29, 0.717) is 12.2 Å². The molecule has 1 N–H and O–H groups in total. The fourth-order valence-electron chi connectivity index (χ4n) is 1.88. The smallest absolute Gasteiger partial charge is 0.233 e. The first-order chi connectivity index (χ1) is 7.61. The maximum absolute atomic E-state index is 11.7. The first kappa shape index (κ1) is 13.0. The Labute approximate surface area is 96.2 Å². The maximum atomic E-state index is 11.7. The molecule has 4 nitrogen and oxygen atoms in total. The number of ketones is 1. The number of allylic oxidation sites excluding steroid dienone is 1. The zero-order chi connectivity index (χ0) is 12.1. The van der Waals surface area contributed by atoms with Gasteiger partial charge in [0.2, 0.25) is 11.5 Å². The fourth-order valence-corrected chi connectivity index (χ4v) is 1.88. The highest BCUT2D eigenvalue weighted by Crippen LogP contribution is 2.24. The molecule has 4 heteroatoms. The summed E-state index contributed by atoms with van der Waals surface area (Å²) in [5, 5.41) is 9.77. The third kappa shape index (κ3) is 2.76. The molecule has 0 aromatic carbocycles. The SMILES string of the molecule is CCCCCC1OC(C)=C(OC)C(=O)C1O. The second kappa shape index (κ2) is 5.89. The molecule has 92 valence electrons. The topological polar surface area (TPSA) is 55.8 Å². The monoisotopic (exact) mass is 228 g/mol. The lowest BCUT2D eigenvalue weighted by Gasteiger charge is -2.29. The molecule has 2 atom stereocenters. The Morgan fingerprint density at radius 2 is 2.12 bits per heavy atom. The van der Waals surface area contributed by atoms with Crippen LogP contribution >= 0.6 is 0 Å². The molecule has 1 rings (SSSR count). The highest BCUT2D eigenvalue weighted by Gasteiger charge is 2.36. The van der Waals surface area contributed by atoms with Gasteiger partial charge in [0.05, 0.1) is 7.11 Å². The molecule has 0 saturated heterocycles. The summed E-state index contributed by atoms with van der Waals surface area (Å²) in [6.07, 6.45) is 2.35. The Bertz CT molecular complexity index is 283. The molecule has 1 aliphatic heterocycles. The van der Waals surface area contributed by atoms with Crippen molar-refractivity contribution in [2.24, 2.45) is 0 Å². The third-order valence-corrected chi connectivity index (χ3v) is 2.79. The van der Waals surface area contributed by atoms with Crippen molar-refractivity contribution in [3.8, 4) is 0 Å². The number of aliphatic hydroxyl groups excluding tert-OH is 1. The van der Waals surface area contributed by atoms with Crippen molar-refractivity contribution in [2.75, 3.05) is 7.11 Å². The summed E-state index contributed by atoms with van der Waals surface area (Å²) >= 11 is 0. The van der Waals surface area contributed by atoms with Gasteiger partial charge < -0.3 is 14.6 Å². The summed E-state index contributed by atoms with van der Waals surface area (Å²) in [6, 6.07) is 0. The lowest BCUT2D eigenvalue weighted by molar-refractivity contribution is -0.138. The van der Waals surface area contributed by atoms with Gasteiger partial charge in [0.1, 0.15) is 11.9 Å². The second-order valence-electron chi connectivity index (χ2n) is 4.05. The van der Waals surface area contributed by atoms with E-state index in [4.69, 9.17) is 9.47 Å². The summed E-state index contributed by atoms with van der Waals surface area (Å²) < 4.78 is 10.4. The summed E-state index contributed by atoms with van der Waals surface area (Å²) in [4.78, 5) is 11.7. The predicted octanol–water partition coefficient (Wildman–Crippen LogP) is 1.77. The van der Waals surface area contributed by atoms with E-state index in [9.17, 15) is 9.90 Å². The number of aliphatic hydroxyl groups is 1. The normalized spacial score (nSPS) is 25.6. The van der Waals surface area contributed by atoms with Gasteiger partial charge in [-0.15, -0.1) is 0 Å². The Morgan fingerprint density at radius 1 is 1.44 bits per heavy atom. The Kier molecular flexibility index (Phi) is 4.80. The summed E-state index contributed by atoms with van der Waals surface area (Å²) in [5.41, 5.74) is 0. The zero-order valence-corrected chi connectivity index (χ0v) is 10.2. The van der Waals surface area contributed by atoms with E-state index in [2.05, 4.69) is 6.92 Å². The average Bonchev–Trinajstić information content (AvgIpc) is 2.26. The quantitative estimate of drug-likeness (QED) is 0.729. The minimum Gasteiger partial charge on any atom is -0.490 e. The fraction of sp³-hybridized carbons (Fsp3) is 0.750. The van der Waals surface area contributed by atoms with Crippen LogP contribution in [0.4, 0.5) is 0 Å². The number of carbonyl (C=O) groups excluding carboxylic acids is 1. The van der Waals surface area contributed by atoms with Crippen LogP contribution in [0.25, 0.3) is 0 Å². The highest BCUT2D eigenvalue weighted by atomic mass is 16.5. The largest absolute Gasteiger partial charge is 0.490 e. The van der Waals surface area contributed by atoms with E-state index in [1.54, 1.807) is 6.92 Å². The molecule has 0 aromatic rings. The molecule has 0 spiro atoms. The molecule has 0 aliphatic carbocycles. The average molecular weight is 228 g/mol. The lowest BCUT2D eigenvalue weighted by atomic mass is 9.99. The number of methoxy groups -OCH3 is 1. The maximum Gasteiger partial charge on any atom is 0.233 e. The first-order valence-corrected chi connectivity index (χ1v) is 5.75. The van der Waals surface area contributed by atoms with Crippen LogP contribution in [0.15, 0.2) is 11.5 Å². The molecule has 0 radical (unpaired) electrons. The number of Topliss-reactive ketones (excluding diaryl/α,β-unsaturated/α-hetero) is 1. The van der Waals surface area contributed by atoms with Crippen molar-refractivity contribution in [2.45, 2.75) is 51.7 Å². The molecule has 1 heterocycles. The zero-order valence-electron chi connectivity index (χ0n) is 10.2. The number of hydrogen-bond donors (Lipinski definition) is 1. The van der Waals surface area contributed by atoms with Crippen LogP contribution in [0.1, 0.15) is 39.5 Å². The van der Waals surface area contributed by atoms with Gasteiger partial charge in [0.15, 0.2) is 6.10 Å². The van der Waals surface area contributed by atoms with E-state index in [0.717, 1.165) is 19.3 Å². The number of rotatable bonds is 5. The van der Waals surface area contributed by atoms with E-state index in [1.165, 1.54) is 7.11 Å². The summed E-state index contributed by atoms with van der Waals surface area (Å²) in [5.74, 6) is 0.242. The van der Waals surface area contributed by atoms with Crippen molar-refractivity contribution < 1.29 is 19.4 Å². The van der Waals surface area contributed by atoms with Crippen LogP contribution in [-0.4, -0.2) is 30.2 Å². The van der Waals surface area contributed by atoms with Gasteiger partial charge in [-0.25, -0.2) is 0 Å². The minimum atomic E-state index is -1.09. The van der Waals surface area contributed by atoms with Crippen molar-refractivity contribution in [3.05, 3.63) is 11.5 Å². The Morgan fingerprint density at radius 3 is 2.69 bits per heavy atom. The van der Waals surface area contributed by atoms with E-state index < -0.39 is 12.2 Å². The predicted molar refractivity (Wildman–Crippen MR) is 59.7 cm³/mol. The van der Waals surface area contributed by atoms with E-state index in [-0.39, 0.29) is 11.5 Å². The lowest BCUT2D eigenvalue weighted by Crippen LogP contribution is -2.41. The number of carbonyl (C=O) groups is 1. The van der Waals surface area contributed by atoms with Crippen LogP contribution in [0, 0.1) is 0 Å². The van der Waals surface area contributed by atoms with Crippen LogP contribution in [-0.2, 0) is 14.3 Å². The third-order valence-electron chi connectivity index (χ3n) is 2.79. The van der Waals surface area contributed by atoms with Crippen molar-refractivity contribution in [1.29, 1.82) is 0 Å². The molecule has 0 aromatic heterocycles. The molecule has 2 unspecified atom stereocenters. The molecule has 1 aliphatic rings. The Balaban J connectivity index is 2.64. The number of unbranched alkanes of at least 4 members (excludes halogenated alkanes) is 2. The number of ether oxygens (including phenoxy) is 2. The Hall–Kier alpha value is -1.03. The molecular formula is C12H20O4. The van der Waals surface area contributed by atoms with Crippen LogP contribution in [0.3, 0.4) is 0 Å². The van der Waals surface area contributed by atoms with Crippen LogP contribution in [0.2, 0.25) is 0 Å². The minimum absolute atomic E-state index is 0.138. The standard InChI is InChI=1S/C12H20O4/c1-4-5-6-7-9-10(13)11(14)12(15-3)8(2)16-9/h9-10,13H,4-7H2,1-3H3. The van der Waals surface area contributed by atoms with Gasteiger partial charge >= 0.3 is 0 Å². The van der Waals surface area contributed by atoms with Crippen LogP contribution in [0.5, 0.6) is 0 Å². The summed E-state index contributed by atoms with van der Waals surface area (Å²) in [7, 11) is 1.41. The molecule has 0 fully saturated rings. The van der Waals surface area contributed by atoms with Gasteiger partial charge in [-0.3, -0.25) is 4.79 Å². The molecule has 0 bridgehead atoms. The van der Waals surface area contributed by atoms with Crippen molar-refractivity contribution >= 4 is 5.78 Å². The molecule has 0 saturated carbocycles. The van der Waals surface area contributed by atoms with Crippen molar-refractivity contribution in [1.82, 2.24) is 0 Å². The van der Waals surface area contributed by atoms with Crippen LogP contribution < -0.4 is 0 Å². The second-order valence-corrected chi connectivity index (χ2v) is 4.05. The summed E-state index contributed by atoms with van der Waals surface area (Å²) in [6.45, 7) is 3.80. The highest BCUT2D eigenvalue weighted by molar-refractivity contribution is 5.98. The molecule has 0 amide bonds. The van der Waals surface area contributed by atoms with Gasteiger partial charge in [0.25, 0.3) is 0 Å².